The van der Waals surface area contributed by atoms with Gasteiger partial charge in [0.2, 0.25) is 0 Å². The summed E-state index contributed by atoms with van der Waals surface area (Å²) in [5.41, 5.74) is 4.23. The third kappa shape index (κ3) is 1.93. The fraction of sp³-hybridized carbons (Fsp3) is 0. The Labute approximate surface area is 130 Å². The number of imidazole rings is 1. The van der Waals surface area contributed by atoms with Crippen molar-refractivity contribution in [3.8, 4) is 11.1 Å². The minimum absolute atomic E-state index is 0.0248. The summed E-state index contributed by atoms with van der Waals surface area (Å²) < 4.78 is 0. The molecule has 1 radical (unpaired) electrons. The number of H-pyrrole nitrogens is 1. The first kappa shape index (κ1) is 12.8. The van der Waals surface area contributed by atoms with Crippen molar-refractivity contribution >= 4 is 28.7 Å². The molecule has 0 saturated heterocycles. The number of aliphatic carboxylic acids is 1. The van der Waals surface area contributed by atoms with E-state index in [4.69, 9.17) is 0 Å². The van der Waals surface area contributed by atoms with Crippen molar-refractivity contribution in [1.29, 1.82) is 0 Å². The molecule has 0 unspecified atom stereocenters. The van der Waals surface area contributed by atoms with E-state index in [1.807, 2.05) is 35.7 Å². The monoisotopic (exact) mass is 308 g/mol. The summed E-state index contributed by atoms with van der Waals surface area (Å²) in [6, 6.07) is 9.83. The van der Waals surface area contributed by atoms with Gasteiger partial charge in [-0.2, -0.15) is 11.3 Å². The Kier molecular flexibility index (Phi) is 2.83. The first-order valence-electron chi connectivity index (χ1n) is 6.60. The molecule has 3 aromatic rings. The van der Waals surface area contributed by atoms with E-state index in [0.29, 0.717) is 17.1 Å². The number of carboxylic acid groups (broad SMARTS) is 1. The van der Waals surface area contributed by atoms with Crippen LogP contribution in [0.2, 0.25) is 0 Å². The van der Waals surface area contributed by atoms with Crippen molar-refractivity contribution in [2.75, 3.05) is 0 Å². The molecule has 0 spiro atoms. The molecule has 2 N–H and O–H groups in total. The summed E-state index contributed by atoms with van der Waals surface area (Å²) in [4.78, 5) is 18.5. The molecule has 0 atom stereocenters. The minimum atomic E-state index is -1.05. The Morgan fingerprint density at radius 3 is 2.82 bits per heavy atom. The van der Waals surface area contributed by atoms with Gasteiger partial charge in [0.1, 0.15) is 0 Å². The molecule has 107 valence electrons. The van der Waals surface area contributed by atoms with Crippen LogP contribution in [0.3, 0.4) is 0 Å². The van der Waals surface area contributed by atoms with Crippen LogP contribution in [0.25, 0.3) is 16.7 Å². The number of aromatic nitrogens is 2. The first-order valence-corrected chi connectivity index (χ1v) is 7.54. The predicted octanol–water partition coefficient (Wildman–Crippen LogP) is 3.23. The molecule has 1 aliphatic heterocycles. The van der Waals surface area contributed by atoms with Crippen LogP contribution in [-0.4, -0.2) is 21.0 Å². The summed E-state index contributed by atoms with van der Waals surface area (Å²) in [5, 5.41) is 17.6. The van der Waals surface area contributed by atoms with E-state index in [0.717, 1.165) is 16.7 Å². The molecular weight excluding hydrogens is 298 g/mol. The molecular formula is C16H10N3O2S. The van der Waals surface area contributed by atoms with Crippen LogP contribution in [-0.2, 0) is 4.79 Å². The zero-order valence-corrected chi connectivity index (χ0v) is 12.1. The fourth-order valence-corrected chi connectivity index (χ4v) is 3.22. The second-order valence-electron chi connectivity index (χ2n) is 4.83. The lowest BCUT2D eigenvalue weighted by Crippen LogP contribution is -2.08. The molecule has 0 bridgehead atoms. The van der Waals surface area contributed by atoms with Gasteiger partial charge in [-0.05, 0) is 39.6 Å². The molecule has 4 rings (SSSR count). The summed E-state index contributed by atoms with van der Waals surface area (Å²) in [6.45, 7) is 0. The maximum absolute atomic E-state index is 11.5. The minimum Gasteiger partial charge on any atom is -0.476 e. The number of fused-ring (bicyclic) bond motifs is 1. The highest BCUT2D eigenvalue weighted by Crippen LogP contribution is 2.37. The van der Waals surface area contributed by atoms with E-state index in [1.165, 1.54) is 6.33 Å². The lowest BCUT2D eigenvalue weighted by molar-refractivity contribution is -0.132. The van der Waals surface area contributed by atoms with Gasteiger partial charge in [-0.3, -0.25) is 0 Å². The average Bonchev–Trinajstić information content (AvgIpc) is 3.23. The topological polar surface area (TPSA) is 80.1 Å². The summed E-state index contributed by atoms with van der Waals surface area (Å²) in [6.07, 6.45) is 1.52. The van der Waals surface area contributed by atoms with Crippen molar-refractivity contribution in [3.05, 3.63) is 64.4 Å². The second-order valence-corrected chi connectivity index (χ2v) is 5.61. The normalized spacial score (nSPS) is 13.1. The third-order valence-corrected chi connectivity index (χ3v) is 4.22. The van der Waals surface area contributed by atoms with Crippen LogP contribution < -0.4 is 5.32 Å². The molecule has 0 saturated carbocycles. The molecule has 0 aliphatic carbocycles. The van der Waals surface area contributed by atoms with E-state index in [-0.39, 0.29) is 5.70 Å². The zero-order chi connectivity index (χ0) is 15.1. The highest BCUT2D eigenvalue weighted by atomic mass is 32.1. The Morgan fingerprint density at radius 2 is 2.05 bits per heavy atom. The Bertz CT molecular complexity index is 894. The Morgan fingerprint density at radius 1 is 1.18 bits per heavy atom. The average molecular weight is 308 g/mol. The van der Waals surface area contributed by atoms with Crippen LogP contribution in [0.4, 0.5) is 5.82 Å². The van der Waals surface area contributed by atoms with E-state index in [2.05, 4.69) is 20.7 Å². The first-order chi connectivity index (χ1) is 10.7. The number of benzene rings is 1. The number of rotatable bonds is 3. The molecule has 1 aromatic carbocycles. The smallest absolute Gasteiger partial charge is 0.355 e. The quantitative estimate of drug-likeness (QED) is 0.779. The SMILES string of the molecule is O=C(O)C1=C(c2cccc(-c3ccsc3)c2)c2[nH]cnc2[N]1. The van der Waals surface area contributed by atoms with Gasteiger partial charge in [-0.1, -0.05) is 18.2 Å². The van der Waals surface area contributed by atoms with Crippen molar-refractivity contribution < 1.29 is 9.90 Å². The fourth-order valence-electron chi connectivity index (χ4n) is 2.55. The van der Waals surface area contributed by atoms with E-state index in [1.54, 1.807) is 11.3 Å². The summed E-state index contributed by atoms with van der Waals surface area (Å²) >= 11 is 1.63. The molecule has 6 heteroatoms. The number of carbonyl (C=O) groups is 1. The number of aromatic amines is 1. The number of hydrogen-bond acceptors (Lipinski definition) is 3. The van der Waals surface area contributed by atoms with Crippen LogP contribution in [0.5, 0.6) is 0 Å². The summed E-state index contributed by atoms with van der Waals surface area (Å²) in [7, 11) is 0. The van der Waals surface area contributed by atoms with E-state index >= 15 is 0 Å². The van der Waals surface area contributed by atoms with Crippen LogP contribution in [0.15, 0.2) is 53.1 Å². The van der Waals surface area contributed by atoms with Gasteiger partial charge >= 0.3 is 5.97 Å². The highest BCUT2D eigenvalue weighted by molar-refractivity contribution is 7.08. The number of thiophene rings is 1. The van der Waals surface area contributed by atoms with Crippen LogP contribution >= 0.6 is 11.3 Å². The lowest BCUT2D eigenvalue weighted by Gasteiger charge is -2.06. The number of carboxylic acids is 1. The van der Waals surface area contributed by atoms with Gasteiger partial charge in [-0.15, -0.1) is 0 Å². The molecule has 2 aromatic heterocycles. The molecule has 5 nitrogen and oxygen atoms in total. The van der Waals surface area contributed by atoms with Crippen molar-refractivity contribution in [2.24, 2.45) is 0 Å². The molecule has 1 aliphatic rings. The molecule has 3 heterocycles. The number of nitrogens with one attached hydrogen (secondary N) is 1. The number of nitrogens with zero attached hydrogens (tertiary/aromatic N) is 2. The Hall–Kier alpha value is -2.86. The van der Waals surface area contributed by atoms with Gasteiger partial charge in [-0.25, -0.2) is 15.1 Å². The highest BCUT2D eigenvalue weighted by Gasteiger charge is 2.30. The Balaban J connectivity index is 1.89. The van der Waals surface area contributed by atoms with Crippen molar-refractivity contribution in [1.82, 2.24) is 15.3 Å². The van der Waals surface area contributed by atoms with Gasteiger partial charge < -0.3 is 10.1 Å². The second kappa shape index (κ2) is 4.85. The van der Waals surface area contributed by atoms with Gasteiger partial charge in [0.25, 0.3) is 0 Å². The van der Waals surface area contributed by atoms with E-state index < -0.39 is 5.97 Å². The van der Waals surface area contributed by atoms with Gasteiger partial charge in [0, 0.05) is 5.57 Å². The summed E-state index contributed by atoms with van der Waals surface area (Å²) in [5.74, 6) is -0.629. The zero-order valence-electron chi connectivity index (χ0n) is 11.3. The predicted molar refractivity (Wildman–Crippen MR) is 83.8 cm³/mol. The van der Waals surface area contributed by atoms with Gasteiger partial charge in [0.05, 0.1) is 12.0 Å². The molecule has 0 fully saturated rings. The van der Waals surface area contributed by atoms with E-state index in [9.17, 15) is 9.90 Å². The van der Waals surface area contributed by atoms with Gasteiger partial charge in [0.15, 0.2) is 11.5 Å². The lowest BCUT2D eigenvalue weighted by atomic mass is 9.98. The maximum Gasteiger partial charge on any atom is 0.355 e. The van der Waals surface area contributed by atoms with Crippen LogP contribution in [0.1, 0.15) is 11.3 Å². The van der Waals surface area contributed by atoms with Crippen LogP contribution in [0, 0.1) is 0 Å². The number of hydrogen-bond donors (Lipinski definition) is 2. The molecule has 22 heavy (non-hydrogen) atoms. The molecule has 0 amide bonds. The maximum atomic E-state index is 11.5. The largest absolute Gasteiger partial charge is 0.476 e. The van der Waals surface area contributed by atoms with Crippen molar-refractivity contribution in [2.45, 2.75) is 0 Å². The standard InChI is InChI=1S/C16H10N3O2S/c20-16(21)14-12(13-15(19-14)18-8-17-13)10-3-1-2-9(6-10)11-4-5-22-7-11/h1-8H,(H,17,18)(H,20,21). The van der Waals surface area contributed by atoms with Crippen molar-refractivity contribution in [3.63, 3.8) is 0 Å². The third-order valence-electron chi connectivity index (χ3n) is 3.53.